The molecule has 2 N–H and O–H groups in total. The summed E-state index contributed by atoms with van der Waals surface area (Å²) in [6.07, 6.45) is 0. The van der Waals surface area contributed by atoms with Gasteiger partial charge in [0.2, 0.25) is 0 Å². The quantitative estimate of drug-likeness (QED) is 0.806. The first-order valence-electron chi connectivity index (χ1n) is 5.23. The number of hydrogen-bond donors (Lipinski definition) is 1. The van der Waals surface area contributed by atoms with Crippen molar-refractivity contribution in [2.24, 2.45) is 7.05 Å². The van der Waals surface area contributed by atoms with E-state index in [-0.39, 0.29) is 5.41 Å². The Hall–Kier alpha value is -1.03. The van der Waals surface area contributed by atoms with Gasteiger partial charge in [-0.2, -0.15) is 5.10 Å². The molecule has 3 nitrogen and oxygen atoms in total. The molecule has 0 saturated heterocycles. The lowest BCUT2D eigenvalue weighted by Crippen LogP contribution is -2.12. The van der Waals surface area contributed by atoms with E-state index in [1.165, 1.54) is 5.56 Å². The zero-order chi connectivity index (χ0) is 12.1. The fourth-order valence-electron chi connectivity index (χ4n) is 1.97. The van der Waals surface area contributed by atoms with Gasteiger partial charge >= 0.3 is 0 Å². The summed E-state index contributed by atoms with van der Waals surface area (Å²) in [7, 11) is 1.91. The summed E-state index contributed by atoms with van der Waals surface area (Å²) in [4.78, 5) is 0. The lowest BCUT2D eigenvalue weighted by Gasteiger charge is -2.20. The van der Waals surface area contributed by atoms with E-state index in [9.17, 15) is 0 Å². The molecule has 16 heavy (non-hydrogen) atoms. The predicted molar refractivity (Wildman–Crippen MR) is 71.5 cm³/mol. The second kappa shape index (κ2) is 3.48. The molecule has 0 saturated carbocycles. The predicted octanol–water partition coefficient (Wildman–Crippen LogP) is 3.22. The number of hydrogen-bond acceptors (Lipinski definition) is 2. The van der Waals surface area contributed by atoms with Gasteiger partial charge in [-0.15, -0.1) is 0 Å². The molecule has 0 aliphatic carbocycles. The van der Waals surface area contributed by atoms with Crippen molar-refractivity contribution in [3.05, 3.63) is 22.2 Å². The second-order valence-electron chi connectivity index (χ2n) is 5.11. The van der Waals surface area contributed by atoms with Crippen LogP contribution >= 0.6 is 15.9 Å². The molecule has 0 spiro atoms. The fourth-order valence-corrected chi connectivity index (χ4v) is 2.42. The molecule has 0 aliphatic heterocycles. The molecule has 0 radical (unpaired) electrons. The number of nitrogens with zero attached hydrogens (tertiary/aromatic N) is 2. The van der Waals surface area contributed by atoms with E-state index in [0.717, 1.165) is 15.4 Å². The molecule has 4 heteroatoms. The Balaban J connectivity index is 2.92. The van der Waals surface area contributed by atoms with Crippen molar-refractivity contribution in [3.63, 3.8) is 0 Å². The van der Waals surface area contributed by atoms with E-state index in [4.69, 9.17) is 5.73 Å². The third kappa shape index (κ3) is 1.71. The molecule has 2 rings (SSSR count). The van der Waals surface area contributed by atoms with Crippen LogP contribution in [0.4, 0.5) is 5.82 Å². The van der Waals surface area contributed by atoms with E-state index in [0.29, 0.717) is 5.82 Å². The van der Waals surface area contributed by atoms with Crippen LogP contribution in [0.25, 0.3) is 10.9 Å². The number of rotatable bonds is 0. The molecule has 1 aromatic carbocycles. The van der Waals surface area contributed by atoms with E-state index in [1.807, 2.05) is 17.8 Å². The Kier molecular flexibility index (Phi) is 2.49. The van der Waals surface area contributed by atoms with Crippen LogP contribution < -0.4 is 5.73 Å². The van der Waals surface area contributed by atoms with Crippen LogP contribution in [0.5, 0.6) is 0 Å². The molecule has 86 valence electrons. The minimum absolute atomic E-state index is 0.0547. The standard InChI is InChI=1S/C12H16BrN3/c1-12(2,3)8-5-7(13)6-9-10(8)11(14)15-16(9)4/h5-6H,1-4H3,(H2,14,15). The van der Waals surface area contributed by atoms with Gasteiger partial charge < -0.3 is 5.73 Å². The SMILES string of the molecule is Cn1nc(N)c2c(C(C)(C)C)cc(Br)cc21. The molecular formula is C12H16BrN3. The van der Waals surface area contributed by atoms with E-state index in [2.05, 4.69) is 47.9 Å². The monoisotopic (exact) mass is 281 g/mol. The van der Waals surface area contributed by atoms with Gasteiger partial charge in [0.25, 0.3) is 0 Å². The molecule has 0 unspecified atom stereocenters. The first-order valence-corrected chi connectivity index (χ1v) is 6.02. The molecule has 0 atom stereocenters. The van der Waals surface area contributed by atoms with E-state index < -0.39 is 0 Å². The Morgan fingerprint density at radius 3 is 2.50 bits per heavy atom. The van der Waals surface area contributed by atoms with Crippen molar-refractivity contribution in [2.75, 3.05) is 5.73 Å². The van der Waals surface area contributed by atoms with Crippen molar-refractivity contribution in [3.8, 4) is 0 Å². The van der Waals surface area contributed by atoms with Crippen LogP contribution in [-0.2, 0) is 12.5 Å². The third-order valence-electron chi connectivity index (χ3n) is 2.75. The average molecular weight is 282 g/mol. The van der Waals surface area contributed by atoms with Gasteiger partial charge in [0, 0.05) is 16.9 Å². The maximum atomic E-state index is 5.98. The van der Waals surface area contributed by atoms with Crippen molar-refractivity contribution >= 4 is 32.7 Å². The van der Waals surface area contributed by atoms with Gasteiger partial charge in [-0.1, -0.05) is 36.7 Å². The second-order valence-corrected chi connectivity index (χ2v) is 6.02. The summed E-state index contributed by atoms with van der Waals surface area (Å²) in [5, 5.41) is 5.35. The zero-order valence-corrected chi connectivity index (χ0v) is 11.6. The fraction of sp³-hybridized carbons (Fsp3) is 0.417. The Morgan fingerprint density at radius 1 is 1.31 bits per heavy atom. The number of fused-ring (bicyclic) bond motifs is 1. The Morgan fingerprint density at radius 2 is 1.94 bits per heavy atom. The summed E-state index contributed by atoms with van der Waals surface area (Å²) >= 11 is 3.54. The van der Waals surface area contributed by atoms with Crippen LogP contribution in [0, 0.1) is 0 Å². The molecule has 0 bridgehead atoms. The summed E-state index contributed by atoms with van der Waals surface area (Å²) in [5.41, 5.74) is 8.32. The number of benzene rings is 1. The highest BCUT2D eigenvalue weighted by molar-refractivity contribution is 9.10. The lowest BCUT2D eigenvalue weighted by molar-refractivity contribution is 0.595. The van der Waals surface area contributed by atoms with Crippen molar-refractivity contribution in [1.82, 2.24) is 9.78 Å². The molecule has 0 fully saturated rings. The summed E-state index contributed by atoms with van der Waals surface area (Å²) < 4.78 is 2.89. The minimum atomic E-state index is 0.0547. The van der Waals surface area contributed by atoms with Gasteiger partial charge in [-0.05, 0) is 23.1 Å². The molecule has 0 aliphatic rings. The highest BCUT2D eigenvalue weighted by Gasteiger charge is 2.21. The third-order valence-corrected chi connectivity index (χ3v) is 3.21. The number of halogens is 1. The van der Waals surface area contributed by atoms with Crippen LogP contribution in [-0.4, -0.2) is 9.78 Å². The normalized spacial score (nSPS) is 12.3. The number of anilines is 1. The van der Waals surface area contributed by atoms with E-state index >= 15 is 0 Å². The van der Waals surface area contributed by atoms with Crippen LogP contribution in [0.2, 0.25) is 0 Å². The maximum Gasteiger partial charge on any atom is 0.153 e. The van der Waals surface area contributed by atoms with Gasteiger partial charge in [-0.25, -0.2) is 0 Å². The number of nitrogens with two attached hydrogens (primary N) is 1. The van der Waals surface area contributed by atoms with E-state index in [1.54, 1.807) is 0 Å². The average Bonchev–Trinajstić information content (AvgIpc) is 2.40. The van der Waals surface area contributed by atoms with Gasteiger partial charge in [0.05, 0.1) is 5.52 Å². The largest absolute Gasteiger partial charge is 0.382 e. The summed E-state index contributed by atoms with van der Waals surface area (Å²) in [6.45, 7) is 6.54. The van der Waals surface area contributed by atoms with Crippen molar-refractivity contribution in [2.45, 2.75) is 26.2 Å². The van der Waals surface area contributed by atoms with Crippen LogP contribution in [0.3, 0.4) is 0 Å². The topological polar surface area (TPSA) is 43.8 Å². The van der Waals surface area contributed by atoms with Gasteiger partial charge in [-0.3, -0.25) is 4.68 Å². The molecule has 0 amide bonds. The number of aryl methyl sites for hydroxylation is 1. The molecule has 1 aromatic heterocycles. The van der Waals surface area contributed by atoms with Crippen molar-refractivity contribution in [1.29, 1.82) is 0 Å². The van der Waals surface area contributed by atoms with Crippen molar-refractivity contribution < 1.29 is 0 Å². The van der Waals surface area contributed by atoms with Gasteiger partial charge in [0.1, 0.15) is 0 Å². The number of aromatic nitrogens is 2. The van der Waals surface area contributed by atoms with Crippen LogP contribution in [0.15, 0.2) is 16.6 Å². The summed E-state index contributed by atoms with van der Waals surface area (Å²) in [6, 6.07) is 4.17. The Labute approximate surface area is 104 Å². The molecule has 1 heterocycles. The summed E-state index contributed by atoms with van der Waals surface area (Å²) in [5.74, 6) is 0.606. The number of nitrogen functional groups attached to an aromatic ring is 1. The Bertz CT molecular complexity index is 549. The highest BCUT2D eigenvalue weighted by atomic mass is 79.9. The zero-order valence-electron chi connectivity index (χ0n) is 10.0. The first kappa shape index (κ1) is 11.5. The van der Waals surface area contributed by atoms with Crippen LogP contribution in [0.1, 0.15) is 26.3 Å². The first-order chi connectivity index (χ1) is 7.30. The smallest absolute Gasteiger partial charge is 0.153 e. The minimum Gasteiger partial charge on any atom is -0.382 e. The maximum absolute atomic E-state index is 5.98. The van der Waals surface area contributed by atoms with Gasteiger partial charge in [0.15, 0.2) is 5.82 Å². The highest BCUT2D eigenvalue weighted by Crippen LogP contribution is 2.35. The molecular weight excluding hydrogens is 266 g/mol. The molecule has 2 aromatic rings. The lowest BCUT2D eigenvalue weighted by atomic mass is 9.85.